The molecule has 0 saturated carbocycles. The SMILES string of the molecule is CC(Sc1nnc(NCc2ccc(F)cc2)s1)C(=O)N1CCCCC1. The Morgan fingerprint density at radius 1 is 1.28 bits per heavy atom. The molecule has 1 aliphatic rings. The molecular weight excluding hydrogens is 359 g/mol. The van der Waals surface area contributed by atoms with Crippen molar-refractivity contribution in [3.05, 3.63) is 35.6 Å². The average molecular weight is 381 g/mol. The summed E-state index contributed by atoms with van der Waals surface area (Å²) in [7, 11) is 0. The number of halogens is 1. The number of thioether (sulfide) groups is 1. The maximum Gasteiger partial charge on any atom is 0.235 e. The molecular formula is C17H21FN4OS2. The first-order valence-electron chi connectivity index (χ1n) is 8.39. The van der Waals surface area contributed by atoms with Crippen LogP contribution in [0.1, 0.15) is 31.7 Å². The van der Waals surface area contributed by atoms with Crippen molar-refractivity contribution in [2.24, 2.45) is 0 Å². The number of aromatic nitrogens is 2. The highest BCUT2D eigenvalue weighted by molar-refractivity contribution is 8.02. The van der Waals surface area contributed by atoms with Crippen LogP contribution in [0.3, 0.4) is 0 Å². The van der Waals surface area contributed by atoms with Crippen LogP contribution in [0.15, 0.2) is 28.6 Å². The number of nitrogens with one attached hydrogen (secondary N) is 1. The molecule has 1 unspecified atom stereocenters. The Balaban J connectivity index is 1.50. The fraction of sp³-hybridized carbons (Fsp3) is 0.471. The van der Waals surface area contributed by atoms with Crippen molar-refractivity contribution < 1.29 is 9.18 Å². The van der Waals surface area contributed by atoms with Gasteiger partial charge in [-0.25, -0.2) is 4.39 Å². The lowest BCUT2D eigenvalue weighted by atomic mass is 10.1. The van der Waals surface area contributed by atoms with Gasteiger partial charge in [0.2, 0.25) is 11.0 Å². The quantitative estimate of drug-likeness (QED) is 0.773. The molecule has 1 N–H and O–H groups in total. The number of hydrogen-bond donors (Lipinski definition) is 1. The first-order chi connectivity index (χ1) is 12.1. The Hall–Kier alpha value is -1.67. The van der Waals surface area contributed by atoms with Crippen LogP contribution in [0, 0.1) is 5.82 Å². The summed E-state index contributed by atoms with van der Waals surface area (Å²) in [6.07, 6.45) is 3.41. The molecule has 8 heteroatoms. The van der Waals surface area contributed by atoms with E-state index in [0.717, 1.165) is 35.8 Å². The van der Waals surface area contributed by atoms with Crippen LogP contribution in [0.5, 0.6) is 0 Å². The van der Waals surface area contributed by atoms with E-state index >= 15 is 0 Å². The van der Waals surface area contributed by atoms with Crippen LogP contribution >= 0.6 is 23.1 Å². The third-order valence-corrected chi connectivity index (χ3v) is 6.11. The van der Waals surface area contributed by atoms with Crippen LogP contribution in [0.4, 0.5) is 9.52 Å². The number of rotatable bonds is 6. The second-order valence-electron chi connectivity index (χ2n) is 6.00. The minimum Gasteiger partial charge on any atom is -0.356 e. The third-order valence-electron chi connectivity index (χ3n) is 4.06. The van der Waals surface area contributed by atoms with E-state index in [1.165, 1.54) is 41.7 Å². The van der Waals surface area contributed by atoms with Gasteiger partial charge in [0.1, 0.15) is 5.82 Å². The van der Waals surface area contributed by atoms with Gasteiger partial charge in [-0.3, -0.25) is 4.79 Å². The zero-order valence-electron chi connectivity index (χ0n) is 14.1. The summed E-state index contributed by atoms with van der Waals surface area (Å²) >= 11 is 2.89. The van der Waals surface area contributed by atoms with Crippen molar-refractivity contribution in [1.82, 2.24) is 15.1 Å². The number of hydrogen-bond acceptors (Lipinski definition) is 6. The number of nitrogens with zero attached hydrogens (tertiary/aromatic N) is 3. The maximum absolute atomic E-state index is 12.9. The van der Waals surface area contributed by atoms with E-state index in [1.807, 2.05) is 11.8 Å². The van der Waals surface area contributed by atoms with E-state index in [-0.39, 0.29) is 17.0 Å². The second kappa shape index (κ2) is 8.62. The Labute approximate surface area is 155 Å². The lowest BCUT2D eigenvalue weighted by molar-refractivity contribution is -0.131. The first-order valence-corrected chi connectivity index (χ1v) is 10.1. The number of carbonyl (C=O) groups is 1. The van der Waals surface area contributed by atoms with Gasteiger partial charge in [0.05, 0.1) is 5.25 Å². The normalized spacial score (nSPS) is 15.8. The second-order valence-corrected chi connectivity index (χ2v) is 8.56. The van der Waals surface area contributed by atoms with Crippen molar-refractivity contribution in [3.8, 4) is 0 Å². The van der Waals surface area contributed by atoms with Crippen LogP contribution in [0.2, 0.25) is 0 Å². The van der Waals surface area contributed by atoms with Gasteiger partial charge in [-0.2, -0.15) is 0 Å². The highest BCUT2D eigenvalue weighted by atomic mass is 32.2. The summed E-state index contributed by atoms with van der Waals surface area (Å²) in [5.41, 5.74) is 0.972. The molecule has 1 aromatic carbocycles. The molecule has 0 bridgehead atoms. The molecule has 2 heterocycles. The molecule has 134 valence electrons. The van der Waals surface area contributed by atoms with E-state index in [2.05, 4.69) is 15.5 Å². The molecule has 2 aromatic rings. The smallest absolute Gasteiger partial charge is 0.235 e. The number of piperidine rings is 1. The van der Waals surface area contributed by atoms with E-state index in [0.29, 0.717) is 11.7 Å². The topological polar surface area (TPSA) is 58.1 Å². The lowest BCUT2D eigenvalue weighted by Gasteiger charge is -2.28. The molecule has 0 radical (unpaired) electrons. The van der Waals surface area contributed by atoms with Gasteiger partial charge in [-0.1, -0.05) is 35.2 Å². The molecule has 1 amide bonds. The van der Waals surface area contributed by atoms with Crippen LogP contribution in [0.25, 0.3) is 0 Å². The van der Waals surface area contributed by atoms with E-state index in [4.69, 9.17) is 0 Å². The van der Waals surface area contributed by atoms with Crippen molar-refractivity contribution in [2.45, 2.75) is 42.3 Å². The minimum atomic E-state index is -0.245. The number of amides is 1. The maximum atomic E-state index is 12.9. The zero-order valence-corrected chi connectivity index (χ0v) is 15.7. The van der Waals surface area contributed by atoms with Crippen LogP contribution < -0.4 is 5.32 Å². The minimum absolute atomic E-state index is 0.156. The third kappa shape index (κ3) is 5.15. The molecule has 1 atom stereocenters. The van der Waals surface area contributed by atoms with E-state index < -0.39 is 0 Å². The predicted octanol–water partition coefficient (Wildman–Crippen LogP) is 3.78. The number of carbonyl (C=O) groups excluding carboxylic acids is 1. The highest BCUT2D eigenvalue weighted by Gasteiger charge is 2.24. The summed E-state index contributed by atoms with van der Waals surface area (Å²) in [4.78, 5) is 14.4. The monoisotopic (exact) mass is 380 g/mol. The molecule has 1 saturated heterocycles. The van der Waals surface area contributed by atoms with Crippen molar-refractivity contribution in [2.75, 3.05) is 18.4 Å². The summed E-state index contributed by atoms with van der Waals surface area (Å²) in [6, 6.07) is 6.34. The van der Waals surface area contributed by atoms with E-state index in [1.54, 1.807) is 12.1 Å². The number of anilines is 1. The van der Waals surface area contributed by atoms with Crippen LogP contribution in [-0.2, 0) is 11.3 Å². The van der Waals surface area contributed by atoms with Gasteiger partial charge < -0.3 is 10.2 Å². The summed E-state index contributed by atoms with van der Waals surface area (Å²) in [5.74, 6) is -0.0635. The standard InChI is InChI=1S/C17H21FN4OS2/c1-12(15(23)22-9-3-2-4-10-22)24-17-21-20-16(25-17)19-11-13-5-7-14(18)8-6-13/h5-8,12H,2-4,9-11H2,1H3,(H,19,20). The molecule has 3 rings (SSSR count). The lowest BCUT2D eigenvalue weighted by Crippen LogP contribution is -2.40. The van der Waals surface area contributed by atoms with Gasteiger partial charge >= 0.3 is 0 Å². The van der Waals surface area contributed by atoms with Crippen molar-refractivity contribution >= 4 is 34.1 Å². The molecule has 25 heavy (non-hydrogen) atoms. The predicted molar refractivity (Wildman–Crippen MR) is 99.4 cm³/mol. The number of likely N-dealkylation sites (tertiary alicyclic amines) is 1. The number of benzene rings is 1. The van der Waals surface area contributed by atoms with Gasteiger partial charge in [0.25, 0.3) is 0 Å². The Morgan fingerprint density at radius 3 is 2.72 bits per heavy atom. The van der Waals surface area contributed by atoms with Gasteiger partial charge in [-0.05, 0) is 43.9 Å². The van der Waals surface area contributed by atoms with Gasteiger partial charge in [0.15, 0.2) is 4.34 Å². The Morgan fingerprint density at radius 2 is 2.00 bits per heavy atom. The molecule has 0 aliphatic carbocycles. The fourth-order valence-corrected chi connectivity index (χ4v) is 4.66. The van der Waals surface area contributed by atoms with Gasteiger partial charge in [-0.15, -0.1) is 10.2 Å². The fourth-order valence-electron chi connectivity index (χ4n) is 2.68. The van der Waals surface area contributed by atoms with E-state index in [9.17, 15) is 9.18 Å². The van der Waals surface area contributed by atoms with Crippen LogP contribution in [-0.4, -0.2) is 39.3 Å². The molecule has 1 aliphatic heterocycles. The molecule has 1 fully saturated rings. The highest BCUT2D eigenvalue weighted by Crippen LogP contribution is 2.30. The van der Waals surface area contributed by atoms with Gasteiger partial charge in [0, 0.05) is 19.6 Å². The zero-order chi connectivity index (χ0) is 17.6. The summed E-state index contributed by atoms with van der Waals surface area (Å²) < 4.78 is 13.7. The Kier molecular flexibility index (Phi) is 6.25. The summed E-state index contributed by atoms with van der Waals surface area (Å²) in [5, 5.41) is 12.0. The van der Waals surface area contributed by atoms with Crippen molar-refractivity contribution in [1.29, 1.82) is 0 Å². The molecule has 0 spiro atoms. The average Bonchev–Trinajstić information content (AvgIpc) is 3.08. The first kappa shape index (κ1) is 18.1. The summed E-state index contributed by atoms with van der Waals surface area (Å²) in [6.45, 7) is 4.21. The Bertz CT molecular complexity index is 701. The van der Waals surface area contributed by atoms with Crippen molar-refractivity contribution in [3.63, 3.8) is 0 Å². The molecule has 1 aromatic heterocycles. The largest absolute Gasteiger partial charge is 0.356 e. The molecule has 5 nitrogen and oxygen atoms in total.